The molecule has 2 heterocycles. The van der Waals surface area contributed by atoms with Gasteiger partial charge >= 0.3 is 0 Å². The summed E-state index contributed by atoms with van der Waals surface area (Å²) in [7, 11) is 0. The Morgan fingerprint density at radius 3 is 2.95 bits per heavy atom. The van der Waals surface area contributed by atoms with E-state index in [1.54, 1.807) is 30.7 Å². The van der Waals surface area contributed by atoms with Crippen molar-refractivity contribution < 1.29 is 4.79 Å². The van der Waals surface area contributed by atoms with Crippen molar-refractivity contribution in [3.05, 3.63) is 54.0 Å². The molecule has 5 heteroatoms. The van der Waals surface area contributed by atoms with Crippen LogP contribution in [0, 0.1) is 6.92 Å². The van der Waals surface area contributed by atoms with Gasteiger partial charge in [0.1, 0.15) is 0 Å². The number of hydrogen-bond donors (Lipinski definition) is 3. The van der Waals surface area contributed by atoms with Crippen LogP contribution in [-0.4, -0.2) is 15.9 Å². The number of carbonyl (C=O) groups is 1. The maximum atomic E-state index is 12.3. The Bertz CT molecular complexity index is 791. The Morgan fingerprint density at radius 2 is 2.15 bits per heavy atom. The molecule has 3 rings (SSSR count). The molecule has 100 valence electrons. The van der Waals surface area contributed by atoms with Crippen LogP contribution in [0.15, 0.2) is 42.9 Å². The van der Waals surface area contributed by atoms with E-state index in [2.05, 4.69) is 15.3 Å². The molecule has 0 aliphatic rings. The largest absolute Gasteiger partial charge is 0.399 e. The number of nitrogen functional groups attached to an aromatic ring is 1. The third-order valence-corrected chi connectivity index (χ3v) is 3.08. The first-order valence-electron chi connectivity index (χ1n) is 6.23. The van der Waals surface area contributed by atoms with Crippen LogP contribution < -0.4 is 11.1 Å². The standard InChI is InChI=1S/C15H14N4O/c1-9-4-11(7-17-6-9)19-15(20)13-8-18-14-3-2-10(16)5-12(13)14/h2-8,18H,16H2,1H3,(H,19,20). The summed E-state index contributed by atoms with van der Waals surface area (Å²) >= 11 is 0. The highest BCUT2D eigenvalue weighted by Crippen LogP contribution is 2.22. The van der Waals surface area contributed by atoms with Crippen LogP contribution in [0.4, 0.5) is 11.4 Å². The third kappa shape index (κ3) is 2.21. The predicted molar refractivity (Wildman–Crippen MR) is 79.6 cm³/mol. The van der Waals surface area contributed by atoms with Crippen LogP contribution in [0.5, 0.6) is 0 Å². The van der Waals surface area contributed by atoms with Gasteiger partial charge in [0.15, 0.2) is 0 Å². The molecule has 2 aromatic heterocycles. The van der Waals surface area contributed by atoms with E-state index in [1.165, 1.54) is 0 Å². The fourth-order valence-corrected chi connectivity index (χ4v) is 2.15. The summed E-state index contributed by atoms with van der Waals surface area (Å²) in [5.74, 6) is -0.186. The zero-order valence-electron chi connectivity index (χ0n) is 11.0. The lowest BCUT2D eigenvalue weighted by atomic mass is 10.1. The molecule has 1 aromatic carbocycles. The minimum absolute atomic E-state index is 0.186. The maximum absolute atomic E-state index is 12.3. The molecule has 1 amide bonds. The molecule has 4 N–H and O–H groups in total. The lowest BCUT2D eigenvalue weighted by Gasteiger charge is -2.04. The first-order valence-corrected chi connectivity index (χ1v) is 6.23. The molecular weight excluding hydrogens is 252 g/mol. The van der Waals surface area contributed by atoms with E-state index in [-0.39, 0.29) is 5.91 Å². The number of pyridine rings is 1. The average Bonchev–Trinajstić information content (AvgIpc) is 2.81. The van der Waals surface area contributed by atoms with Crippen molar-refractivity contribution in [1.29, 1.82) is 0 Å². The molecular formula is C15H14N4O. The maximum Gasteiger partial charge on any atom is 0.257 e. The number of carbonyl (C=O) groups excluding carboxylic acids is 1. The van der Waals surface area contributed by atoms with Gasteiger partial charge in [-0.2, -0.15) is 0 Å². The van der Waals surface area contributed by atoms with Gasteiger partial charge in [0.25, 0.3) is 5.91 Å². The number of amides is 1. The number of aryl methyl sites for hydroxylation is 1. The summed E-state index contributed by atoms with van der Waals surface area (Å²) < 4.78 is 0. The summed E-state index contributed by atoms with van der Waals surface area (Å²) in [6, 6.07) is 7.31. The number of rotatable bonds is 2. The van der Waals surface area contributed by atoms with Crippen LogP contribution >= 0.6 is 0 Å². The lowest BCUT2D eigenvalue weighted by Crippen LogP contribution is -2.11. The molecule has 0 aliphatic heterocycles. The highest BCUT2D eigenvalue weighted by molar-refractivity contribution is 6.13. The number of hydrogen-bond acceptors (Lipinski definition) is 3. The van der Waals surface area contributed by atoms with E-state index in [1.807, 2.05) is 19.1 Å². The number of H-pyrrole nitrogens is 1. The van der Waals surface area contributed by atoms with Gasteiger partial charge in [-0.1, -0.05) is 0 Å². The van der Waals surface area contributed by atoms with E-state index in [0.717, 1.165) is 16.5 Å². The zero-order valence-corrected chi connectivity index (χ0v) is 11.0. The normalized spacial score (nSPS) is 10.7. The summed E-state index contributed by atoms with van der Waals surface area (Å²) in [5.41, 5.74) is 9.51. The van der Waals surface area contributed by atoms with E-state index in [9.17, 15) is 4.79 Å². The number of nitrogens with one attached hydrogen (secondary N) is 2. The molecule has 0 saturated carbocycles. The van der Waals surface area contributed by atoms with Crippen LogP contribution in [0.2, 0.25) is 0 Å². The number of fused-ring (bicyclic) bond motifs is 1. The molecule has 5 nitrogen and oxygen atoms in total. The van der Waals surface area contributed by atoms with E-state index in [0.29, 0.717) is 16.9 Å². The molecule has 0 radical (unpaired) electrons. The molecule has 3 aromatic rings. The Hall–Kier alpha value is -2.82. The third-order valence-electron chi connectivity index (χ3n) is 3.08. The topological polar surface area (TPSA) is 83.8 Å². The van der Waals surface area contributed by atoms with Gasteiger partial charge in [-0.15, -0.1) is 0 Å². The minimum Gasteiger partial charge on any atom is -0.399 e. The average molecular weight is 266 g/mol. The summed E-state index contributed by atoms with van der Waals surface area (Å²) in [5, 5.41) is 3.64. The highest BCUT2D eigenvalue weighted by Gasteiger charge is 2.12. The van der Waals surface area contributed by atoms with Crippen LogP contribution in [0.1, 0.15) is 15.9 Å². The van der Waals surface area contributed by atoms with Crippen molar-refractivity contribution >= 4 is 28.2 Å². The van der Waals surface area contributed by atoms with Gasteiger partial charge in [-0.3, -0.25) is 9.78 Å². The molecule has 0 bridgehead atoms. The van der Waals surface area contributed by atoms with Crippen molar-refractivity contribution in [2.24, 2.45) is 0 Å². The van der Waals surface area contributed by atoms with Gasteiger partial charge in [0, 0.05) is 29.0 Å². The van der Waals surface area contributed by atoms with E-state index >= 15 is 0 Å². The number of aromatic amines is 1. The Balaban J connectivity index is 1.94. The van der Waals surface area contributed by atoms with E-state index < -0.39 is 0 Å². The highest BCUT2D eigenvalue weighted by atomic mass is 16.1. The fraction of sp³-hybridized carbons (Fsp3) is 0.0667. The molecule has 0 saturated heterocycles. The molecule has 20 heavy (non-hydrogen) atoms. The molecule has 0 fully saturated rings. The summed E-state index contributed by atoms with van der Waals surface area (Å²) in [6.07, 6.45) is 5.04. The fourth-order valence-electron chi connectivity index (χ4n) is 2.15. The van der Waals surface area contributed by atoms with Crippen molar-refractivity contribution in [1.82, 2.24) is 9.97 Å². The summed E-state index contributed by atoms with van der Waals surface area (Å²) in [6.45, 7) is 1.93. The van der Waals surface area contributed by atoms with Crippen molar-refractivity contribution in [2.75, 3.05) is 11.1 Å². The Labute approximate surface area is 115 Å². The summed E-state index contributed by atoms with van der Waals surface area (Å²) in [4.78, 5) is 19.4. The first kappa shape index (κ1) is 12.2. The number of aromatic nitrogens is 2. The molecule has 0 aliphatic carbocycles. The van der Waals surface area contributed by atoms with Crippen molar-refractivity contribution in [3.63, 3.8) is 0 Å². The Kier molecular flexibility index (Phi) is 2.87. The number of nitrogens with two attached hydrogens (primary N) is 1. The quantitative estimate of drug-likeness (QED) is 0.623. The second-order valence-electron chi connectivity index (χ2n) is 4.71. The molecule has 0 spiro atoms. The predicted octanol–water partition coefficient (Wildman–Crippen LogP) is 2.71. The van der Waals surface area contributed by atoms with Gasteiger partial charge in [-0.05, 0) is 36.8 Å². The smallest absolute Gasteiger partial charge is 0.257 e. The number of nitrogens with zero attached hydrogens (tertiary/aromatic N) is 1. The second kappa shape index (κ2) is 4.70. The number of benzene rings is 1. The zero-order chi connectivity index (χ0) is 14.1. The lowest BCUT2D eigenvalue weighted by molar-refractivity contribution is 0.102. The SMILES string of the molecule is Cc1cncc(NC(=O)c2c[nH]c3ccc(N)cc23)c1. The van der Waals surface area contributed by atoms with E-state index in [4.69, 9.17) is 5.73 Å². The van der Waals surface area contributed by atoms with Gasteiger partial charge < -0.3 is 16.0 Å². The van der Waals surface area contributed by atoms with Gasteiger partial charge in [0.05, 0.1) is 17.4 Å². The first-order chi connectivity index (χ1) is 9.63. The number of anilines is 2. The second-order valence-corrected chi connectivity index (χ2v) is 4.71. The minimum atomic E-state index is -0.186. The van der Waals surface area contributed by atoms with Crippen LogP contribution in [0.3, 0.4) is 0 Å². The van der Waals surface area contributed by atoms with Crippen molar-refractivity contribution in [3.8, 4) is 0 Å². The van der Waals surface area contributed by atoms with Crippen molar-refractivity contribution in [2.45, 2.75) is 6.92 Å². The van der Waals surface area contributed by atoms with Gasteiger partial charge in [-0.25, -0.2) is 0 Å². The van der Waals surface area contributed by atoms with Crippen LogP contribution in [0.25, 0.3) is 10.9 Å². The van der Waals surface area contributed by atoms with Gasteiger partial charge in [0.2, 0.25) is 0 Å². The monoisotopic (exact) mass is 266 g/mol. The van der Waals surface area contributed by atoms with Crippen LogP contribution in [-0.2, 0) is 0 Å². The molecule has 0 unspecified atom stereocenters. The Morgan fingerprint density at radius 1 is 1.30 bits per heavy atom. The molecule has 0 atom stereocenters.